The summed E-state index contributed by atoms with van der Waals surface area (Å²) in [5.74, 6) is 0. The standard InChI is InChI=1S/C9H21NO3/c1-8(9(2)12)10(4-6-11)5-7-13-3/h8-9,11-12H,4-7H2,1-3H3. The molecule has 0 aliphatic rings. The van der Waals surface area contributed by atoms with Crippen molar-refractivity contribution in [3.63, 3.8) is 0 Å². The number of methoxy groups -OCH3 is 1. The van der Waals surface area contributed by atoms with Gasteiger partial charge >= 0.3 is 0 Å². The van der Waals surface area contributed by atoms with E-state index in [9.17, 15) is 5.11 Å². The lowest BCUT2D eigenvalue weighted by molar-refractivity contribution is 0.0422. The molecule has 0 aromatic carbocycles. The smallest absolute Gasteiger partial charge is 0.0664 e. The number of aliphatic hydroxyl groups is 2. The lowest BCUT2D eigenvalue weighted by atomic mass is 10.2. The van der Waals surface area contributed by atoms with Gasteiger partial charge in [0.25, 0.3) is 0 Å². The van der Waals surface area contributed by atoms with Gasteiger partial charge in [-0.25, -0.2) is 0 Å². The van der Waals surface area contributed by atoms with Crippen molar-refractivity contribution >= 4 is 0 Å². The maximum absolute atomic E-state index is 9.35. The van der Waals surface area contributed by atoms with Gasteiger partial charge in [-0.2, -0.15) is 0 Å². The molecular formula is C9H21NO3. The topological polar surface area (TPSA) is 52.9 Å². The van der Waals surface area contributed by atoms with Crippen molar-refractivity contribution in [2.75, 3.05) is 33.4 Å². The van der Waals surface area contributed by atoms with Crippen molar-refractivity contribution in [2.24, 2.45) is 0 Å². The third-order valence-corrected chi connectivity index (χ3v) is 2.24. The molecule has 80 valence electrons. The van der Waals surface area contributed by atoms with Crippen LogP contribution in [0.3, 0.4) is 0 Å². The second-order valence-corrected chi connectivity index (χ2v) is 3.23. The highest BCUT2D eigenvalue weighted by molar-refractivity contribution is 4.71. The molecule has 0 aromatic heterocycles. The summed E-state index contributed by atoms with van der Waals surface area (Å²) in [5.41, 5.74) is 0. The number of nitrogens with zero attached hydrogens (tertiary/aromatic N) is 1. The number of hydrogen-bond acceptors (Lipinski definition) is 4. The molecule has 0 radical (unpaired) electrons. The van der Waals surface area contributed by atoms with Gasteiger partial charge in [-0.3, -0.25) is 4.90 Å². The Bertz CT molecular complexity index is 119. The summed E-state index contributed by atoms with van der Waals surface area (Å²) in [6.45, 7) is 5.74. The zero-order valence-corrected chi connectivity index (χ0v) is 8.73. The van der Waals surface area contributed by atoms with Gasteiger partial charge in [0.1, 0.15) is 0 Å². The lowest BCUT2D eigenvalue weighted by Gasteiger charge is -2.29. The minimum Gasteiger partial charge on any atom is -0.395 e. The van der Waals surface area contributed by atoms with Gasteiger partial charge < -0.3 is 14.9 Å². The van der Waals surface area contributed by atoms with Crippen LogP contribution in [-0.2, 0) is 4.74 Å². The second-order valence-electron chi connectivity index (χ2n) is 3.23. The quantitative estimate of drug-likeness (QED) is 0.580. The summed E-state index contributed by atoms with van der Waals surface area (Å²) in [7, 11) is 1.64. The fourth-order valence-corrected chi connectivity index (χ4v) is 1.16. The number of hydrogen-bond donors (Lipinski definition) is 2. The molecular weight excluding hydrogens is 170 g/mol. The molecule has 0 bridgehead atoms. The molecule has 2 unspecified atom stereocenters. The zero-order valence-electron chi connectivity index (χ0n) is 8.73. The van der Waals surface area contributed by atoms with Gasteiger partial charge in [-0.15, -0.1) is 0 Å². The summed E-state index contributed by atoms with van der Waals surface area (Å²) in [6.07, 6.45) is -0.386. The first kappa shape index (κ1) is 12.8. The Morgan fingerprint density at radius 3 is 2.31 bits per heavy atom. The van der Waals surface area contributed by atoms with Crippen molar-refractivity contribution in [3.8, 4) is 0 Å². The molecule has 0 aromatic rings. The van der Waals surface area contributed by atoms with E-state index in [2.05, 4.69) is 0 Å². The van der Waals surface area contributed by atoms with Crippen LogP contribution in [0.5, 0.6) is 0 Å². The van der Waals surface area contributed by atoms with E-state index >= 15 is 0 Å². The molecule has 0 fully saturated rings. The first-order chi connectivity index (χ1) is 6.13. The fraction of sp³-hybridized carbons (Fsp3) is 1.00. The van der Waals surface area contributed by atoms with Crippen LogP contribution in [0, 0.1) is 0 Å². The van der Waals surface area contributed by atoms with Crippen LogP contribution < -0.4 is 0 Å². The fourth-order valence-electron chi connectivity index (χ4n) is 1.16. The molecule has 0 saturated heterocycles. The molecule has 4 heteroatoms. The van der Waals surface area contributed by atoms with Gasteiger partial charge in [0.2, 0.25) is 0 Å². The summed E-state index contributed by atoms with van der Waals surface area (Å²) in [4.78, 5) is 2.01. The normalized spacial score (nSPS) is 16.2. The van der Waals surface area contributed by atoms with E-state index in [0.29, 0.717) is 13.2 Å². The van der Waals surface area contributed by atoms with Crippen LogP contribution in [-0.4, -0.2) is 60.7 Å². The Hall–Kier alpha value is -0.160. The predicted molar refractivity (Wildman–Crippen MR) is 51.7 cm³/mol. The third-order valence-electron chi connectivity index (χ3n) is 2.24. The number of aliphatic hydroxyl groups excluding tert-OH is 2. The lowest BCUT2D eigenvalue weighted by Crippen LogP contribution is -2.43. The molecule has 0 heterocycles. The van der Waals surface area contributed by atoms with Crippen molar-refractivity contribution in [3.05, 3.63) is 0 Å². The monoisotopic (exact) mass is 191 g/mol. The van der Waals surface area contributed by atoms with Gasteiger partial charge in [0.05, 0.1) is 19.3 Å². The van der Waals surface area contributed by atoms with Gasteiger partial charge in [-0.1, -0.05) is 0 Å². The Morgan fingerprint density at radius 1 is 1.31 bits per heavy atom. The molecule has 0 amide bonds. The Kier molecular flexibility index (Phi) is 7.17. The zero-order chi connectivity index (χ0) is 10.3. The Balaban J connectivity index is 3.90. The third kappa shape index (κ3) is 5.21. The van der Waals surface area contributed by atoms with Gasteiger partial charge in [0.15, 0.2) is 0 Å². The number of rotatable bonds is 7. The molecule has 0 spiro atoms. The molecule has 0 saturated carbocycles. The highest BCUT2D eigenvalue weighted by Gasteiger charge is 2.17. The maximum atomic E-state index is 9.35. The van der Waals surface area contributed by atoms with E-state index in [0.717, 1.165) is 6.54 Å². The minimum atomic E-state index is -0.386. The van der Waals surface area contributed by atoms with Crippen molar-refractivity contribution in [1.29, 1.82) is 0 Å². The van der Waals surface area contributed by atoms with Crippen LogP contribution >= 0.6 is 0 Å². The van der Waals surface area contributed by atoms with Crippen LogP contribution in [0.25, 0.3) is 0 Å². The maximum Gasteiger partial charge on any atom is 0.0664 e. The molecule has 0 aliphatic heterocycles. The predicted octanol–water partition coefficient (Wildman–Crippen LogP) is -0.304. The largest absolute Gasteiger partial charge is 0.395 e. The van der Waals surface area contributed by atoms with E-state index in [1.54, 1.807) is 14.0 Å². The highest BCUT2D eigenvalue weighted by atomic mass is 16.5. The molecule has 13 heavy (non-hydrogen) atoms. The molecule has 0 aliphatic carbocycles. The van der Waals surface area contributed by atoms with E-state index in [-0.39, 0.29) is 18.8 Å². The SMILES string of the molecule is COCCN(CCO)C(C)C(C)O. The summed E-state index contributed by atoms with van der Waals surface area (Å²) in [5, 5.41) is 18.2. The van der Waals surface area contributed by atoms with E-state index < -0.39 is 0 Å². The number of ether oxygens (including phenoxy) is 1. The molecule has 2 atom stereocenters. The first-order valence-electron chi connectivity index (χ1n) is 4.65. The van der Waals surface area contributed by atoms with E-state index in [1.165, 1.54) is 0 Å². The van der Waals surface area contributed by atoms with E-state index in [4.69, 9.17) is 9.84 Å². The van der Waals surface area contributed by atoms with Crippen molar-refractivity contribution < 1.29 is 14.9 Å². The summed E-state index contributed by atoms with van der Waals surface area (Å²) < 4.78 is 4.94. The summed E-state index contributed by atoms with van der Waals surface area (Å²) >= 11 is 0. The summed E-state index contributed by atoms with van der Waals surface area (Å²) in [6, 6.07) is 0.0577. The van der Waals surface area contributed by atoms with E-state index in [1.807, 2.05) is 11.8 Å². The molecule has 2 N–H and O–H groups in total. The van der Waals surface area contributed by atoms with Gasteiger partial charge in [-0.05, 0) is 13.8 Å². The van der Waals surface area contributed by atoms with Crippen LogP contribution in [0.1, 0.15) is 13.8 Å². The first-order valence-corrected chi connectivity index (χ1v) is 4.65. The van der Waals surface area contributed by atoms with Crippen LogP contribution in [0.15, 0.2) is 0 Å². The average molecular weight is 191 g/mol. The van der Waals surface area contributed by atoms with Crippen LogP contribution in [0.2, 0.25) is 0 Å². The van der Waals surface area contributed by atoms with Crippen molar-refractivity contribution in [1.82, 2.24) is 4.90 Å². The average Bonchev–Trinajstić information content (AvgIpc) is 2.11. The highest BCUT2D eigenvalue weighted by Crippen LogP contribution is 2.03. The van der Waals surface area contributed by atoms with Crippen molar-refractivity contribution in [2.45, 2.75) is 26.0 Å². The minimum absolute atomic E-state index is 0.0577. The second kappa shape index (κ2) is 7.26. The van der Waals surface area contributed by atoms with Crippen LogP contribution in [0.4, 0.5) is 0 Å². The molecule has 0 rings (SSSR count). The van der Waals surface area contributed by atoms with Gasteiger partial charge in [0, 0.05) is 26.2 Å². The molecule has 4 nitrogen and oxygen atoms in total. The Morgan fingerprint density at radius 2 is 1.92 bits per heavy atom. The Labute approximate surface area is 80.1 Å².